The van der Waals surface area contributed by atoms with Crippen molar-refractivity contribution in [1.29, 1.82) is 0 Å². The molecule has 0 radical (unpaired) electrons. The number of hydrogen-bond donors (Lipinski definition) is 3. The SMILES string of the molecule is C[C@H](O)/C=C/C1[C@H](C)[C@H](O)[C@@H](O)CC1(C)C. The van der Waals surface area contributed by atoms with Crippen molar-refractivity contribution in [3.05, 3.63) is 12.2 Å². The lowest BCUT2D eigenvalue weighted by Crippen LogP contribution is -2.48. The van der Waals surface area contributed by atoms with Crippen LogP contribution in [0.2, 0.25) is 0 Å². The molecular formula is C13H24O3. The average Bonchev–Trinajstić information content (AvgIpc) is 2.12. The van der Waals surface area contributed by atoms with E-state index in [0.29, 0.717) is 6.42 Å². The topological polar surface area (TPSA) is 60.7 Å². The van der Waals surface area contributed by atoms with Crippen LogP contribution in [-0.4, -0.2) is 33.6 Å². The zero-order valence-corrected chi connectivity index (χ0v) is 10.6. The Morgan fingerprint density at radius 2 is 1.88 bits per heavy atom. The fourth-order valence-corrected chi connectivity index (χ4v) is 2.79. The quantitative estimate of drug-likeness (QED) is 0.625. The zero-order valence-electron chi connectivity index (χ0n) is 10.6. The first-order valence-electron chi connectivity index (χ1n) is 5.98. The highest BCUT2D eigenvalue weighted by Gasteiger charge is 2.44. The average molecular weight is 228 g/mol. The summed E-state index contributed by atoms with van der Waals surface area (Å²) < 4.78 is 0. The van der Waals surface area contributed by atoms with E-state index >= 15 is 0 Å². The smallest absolute Gasteiger partial charge is 0.0830 e. The van der Waals surface area contributed by atoms with Gasteiger partial charge in [0, 0.05) is 0 Å². The summed E-state index contributed by atoms with van der Waals surface area (Å²) in [6.45, 7) is 7.85. The van der Waals surface area contributed by atoms with Gasteiger partial charge < -0.3 is 15.3 Å². The van der Waals surface area contributed by atoms with Gasteiger partial charge in [-0.3, -0.25) is 0 Å². The normalized spacial score (nSPS) is 41.2. The van der Waals surface area contributed by atoms with E-state index in [9.17, 15) is 15.3 Å². The van der Waals surface area contributed by atoms with Crippen LogP contribution in [0.1, 0.15) is 34.1 Å². The van der Waals surface area contributed by atoms with Gasteiger partial charge in [-0.1, -0.05) is 32.9 Å². The number of allylic oxidation sites excluding steroid dienone is 1. The third kappa shape index (κ3) is 2.84. The number of aliphatic hydroxyl groups excluding tert-OH is 3. The van der Waals surface area contributed by atoms with Crippen LogP contribution >= 0.6 is 0 Å². The standard InChI is InChI=1S/C13H24O3/c1-8(14)5-6-10-9(2)12(16)11(15)7-13(10,3)4/h5-6,8-12,14-16H,7H2,1-4H3/b6-5+/t8-,9-,10?,11-,12-/m0/s1. The third-order valence-electron chi connectivity index (χ3n) is 3.73. The molecule has 5 atom stereocenters. The summed E-state index contributed by atoms with van der Waals surface area (Å²) in [5, 5.41) is 28.9. The maximum atomic E-state index is 9.87. The van der Waals surface area contributed by atoms with Crippen molar-refractivity contribution in [1.82, 2.24) is 0 Å². The summed E-state index contributed by atoms with van der Waals surface area (Å²) in [6, 6.07) is 0. The molecule has 1 aliphatic carbocycles. The Hall–Kier alpha value is -0.380. The molecule has 0 heterocycles. The second kappa shape index (κ2) is 4.86. The van der Waals surface area contributed by atoms with Crippen LogP contribution in [-0.2, 0) is 0 Å². The molecule has 0 aromatic rings. The van der Waals surface area contributed by atoms with Crippen LogP contribution in [0.3, 0.4) is 0 Å². The lowest BCUT2D eigenvalue weighted by molar-refractivity contribution is -0.0970. The van der Waals surface area contributed by atoms with E-state index in [1.807, 2.05) is 13.0 Å². The molecule has 1 unspecified atom stereocenters. The van der Waals surface area contributed by atoms with Crippen LogP contribution < -0.4 is 0 Å². The zero-order chi connectivity index (χ0) is 12.5. The van der Waals surface area contributed by atoms with Gasteiger partial charge in [-0.25, -0.2) is 0 Å². The fraction of sp³-hybridized carbons (Fsp3) is 0.846. The van der Waals surface area contributed by atoms with E-state index in [0.717, 1.165) is 0 Å². The highest BCUT2D eigenvalue weighted by molar-refractivity contribution is 5.05. The van der Waals surface area contributed by atoms with Gasteiger partial charge in [0.25, 0.3) is 0 Å². The number of aliphatic hydroxyl groups is 3. The highest BCUT2D eigenvalue weighted by Crippen LogP contribution is 2.44. The van der Waals surface area contributed by atoms with Gasteiger partial charge in [-0.2, -0.15) is 0 Å². The van der Waals surface area contributed by atoms with Crippen LogP contribution in [0.4, 0.5) is 0 Å². The van der Waals surface area contributed by atoms with Crippen LogP contribution in [0.15, 0.2) is 12.2 Å². The lowest BCUT2D eigenvalue weighted by atomic mass is 9.62. The van der Waals surface area contributed by atoms with Crippen molar-refractivity contribution in [3.63, 3.8) is 0 Å². The fourth-order valence-electron chi connectivity index (χ4n) is 2.79. The molecule has 1 aliphatic rings. The number of hydrogen-bond acceptors (Lipinski definition) is 3. The van der Waals surface area contributed by atoms with Crippen LogP contribution in [0.5, 0.6) is 0 Å². The minimum atomic E-state index is -0.670. The van der Waals surface area contributed by atoms with E-state index in [1.165, 1.54) is 0 Å². The molecule has 3 nitrogen and oxygen atoms in total. The van der Waals surface area contributed by atoms with E-state index < -0.39 is 18.3 Å². The van der Waals surface area contributed by atoms with E-state index in [-0.39, 0.29) is 17.3 Å². The Labute approximate surface area is 97.8 Å². The molecule has 0 spiro atoms. The van der Waals surface area contributed by atoms with Crippen molar-refractivity contribution >= 4 is 0 Å². The molecule has 0 bridgehead atoms. The monoisotopic (exact) mass is 228 g/mol. The molecule has 0 aliphatic heterocycles. The summed E-state index contributed by atoms with van der Waals surface area (Å²) in [6.07, 6.45) is 2.55. The lowest BCUT2D eigenvalue weighted by Gasteiger charge is -2.46. The van der Waals surface area contributed by atoms with Crippen molar-refractivity contribution in [2.75, 3.05) is 0 Å². The highest BCUT2D eigenvalue weighted by atomic mass is 16.3. The minimum Gasteiger partial charge on any atom is -0.390 e. The largest absolute Gasteiger partial charge is 0.390 e. The van der Waals surface area contributed by atoms with Crippen LogP contribution in [0.25, 0.3) is 0 Å². The first kappa shape index (κ1) is 13.7. The van der Waals surface area contributed by atoms with Gasteiger partial charge in [0.1, 0.15) is 0 Å². The molecule has 0 aromatic carbocycles. The molecule has 0 amide bonds. The third-order valence-corrected chi connectivity index (χ3v) is 3.73. The summed E-state index contributed by atoms with van der Waals surface area (Å²) >= 11 is 0. The van der Waals surface area contributed by atoms with Crippen LogP contribution in [0, 0.1) is 17.3 Å². The van der Waals surface area contributed by atoms with Gasteiger partial charge in [-0.05, 0) is 30.6 Å². The molecule has 3 N–H and O–H groups in total. The molecule has 1 fully saturated rings. The maximum absolute atomic E-state index is 9.87. The molecule has 16 heavy (non-hydrogen) atoms. The minimum absolute atomic E-state index is 0.00810. The van der Waals surface area contributed by atoms with E-state index in [1.54, 1.807) is 13.0 Å². The Balaban J connectivity index is 2.87. The molecule has 0 saturated heterocycles. The summed E-state index contributed by atoms with van der Waals surface area (Å²) in [7, 11) is 0. The van der Waals surface area contributed by atoms with Crippen molar-refractivity contribution in [2.24, 2.45) is 17.3 Å². The summed E-state index contributed by atoms with van der Waals surface area (Å²) in [5.41, 5.74) is -0.0521. The van der Waals surface area contributed by atoms with Gasteiger partial charge >= 0.3 is 0 Å². The van der Waals surface area contributed by atoms with E-state index in [4.69, 9.17) is 0 Å². The van der Waals surface area contributed by atoms with E-state index in [2.05, 4.69) is 13.8 Å². The Morgan fingerprint density at radius 1 is 1.31 bits per heavy atom. The second-order valence-electron chi connectivity index (χ2n) is 5.76. The molecule has 94 valence electrons. The first-order chi connectivity index (χ1) is 7.25. The molecular weight excluding hydrogens is 204 g/mol. The van der Waals surface area contributed by atoms with Crippen molar-refractivity contribution < 1.29 is 15.3 Å². The Bertz CT molecular complexity index is 258. The van der Waals surface area contributed by atoms with Gasteiger partial charge in [0.15, 0.2) is 0 Å². The van der Waals surface area contributed by atoms with Crippen molar-refractivity contribution in [3.8, 4) is 0 Å². The van der Waals surface area contributed by atoms with Gasteiger partial charge in [-0.15, -0.1) is 0 Å². The predicted octanol–water partition coefficient (Wildman–Crippen LogP) is 1.33. The van der Waals surface area contributed by atoms with Gasteiger partial charge in [0.05, 0.1) is 18.3 Å². The number of rotatable bonds is 2. The predicted molar refractivity (Wildman–Crippen MR) is 63.9 cm³/mol. The Morgan fingerprint density at radius 3 is 2.38 bits per heavy atom. The first-order valence-corrected chi connectivity index (χ1v) is 5.98. The molecule has 3 heteroatoms. The molecule has 0 aromatic heterocycles. The Kier molecular flexibility index (Phi) is 4.16. The summed E-state index contributed by atoms with van der Waals surface area (Å²) in [4.78, 5) is 0. The second-order valence-corrected chi connectivity index (χ2v) is 5.76. The van der Waals surface area contributed by atoms with Gasteiger partial charge in [0.2, 0.25) is 0 Å². The van der Waals surface area contributed by atoms with Crippen molar-refractivity contribution in [2.45, 2.75) is 52.4 Å². The molecule has 1 rings (SSSR count). The summed E-state index contributed by atoms with van der Waals surface area (Å²) in [5.74, 6) is 0.189. The maximum Gasteiger partial charge on any atom is 0.0830 e. The molecule has 1 saturated carbocycles.